The van der Waals surface area contributed by atoms with Crippen LogP contribution in [0.15, 0.2) is 18.5 Å². The number of ether oxygens (including phenoxy) is 1. The fourth-order valence-corrected chi connectivity index (χ4v) is 2.20. The van der Waals surface area contributed by atoms with Crippen LogP contribution in [0.5, 0.6) is 0 Å². The van der Waals surface area contributed by atoms with Gasteiger partial charge in [0.1, 0.15) is 4.99 Å². The Bertz CT molecular complexity index is 410. The number of morpholine rings is 1. The van der Waals surface area contributed by atoms with Crippen LogP contribution in [0.1, 0.15) is 18.9 Å². The van der Waals surface area contributed by atoms with E-state index >= 15 is 0 Å². The summed E-state index contributed by atoms with van der Waals surface area (Å²) < 4.78 is 5.65. The Hall–Kier alpha value is -1.20. The summed E-state index contributed by atoms with van der Waals surface area (Å²) in [5, 5.41) is 0. The molecule has 1 fully saturated rings. The lowest BCUT2D eigenvalue weighted by molar-refractivity contribution is 0.0384. The van der Waals surface area contributed by atoms with Crippen molar-refractivity contribution in [2.24, 2.45) is 5.73 Å². The predicted octanol–water partition coefficient (Wildman–Crippen LogP) is 1.33. The van der Waals surface area contributed by atoms with Gasteiger partial charge in [0.05, 0.1) is 24.6 Å². The van der Waals surface area contributed by atoms with E-state index in [1.165, 1.54) is 0 Å². The Kier molecular flexibility index (Phi) is 3.91. The van der Waals surface area contributed by atoms with E-state index in [1.807, 2.05) is 12.3 Å². The zero-order valence-corrected chi connectivity index (χ0v) is 10.7. The second kappa shape index (κ2) is 5.42. The van der Waals surface area contributed by atoms with Crippen molar-refractivity contribution in [3.63, 3.8) is 0 Å². The van der Waals surface area contributed by atoms with Crippen molar-refractivity contribution in [3.05, 3.63) is 24.0 Å². The second-order valence-corrected chi connectivity index (χ2v) is 4.54. The number of nitrogens with two attached hydrogens (primary N) is 1. The number of hydrogen-bond acceptors (Lipinski definition) is 4. The van der Waals surface area contributed by atoms with Gasteiger partial charge in [0.2, 0.25) is 0 Å². The van der Waals surface area contributed by atoms with Gasteiger partial charge >= 0.3 is 0 Å². The normalized spacial score (nSPS) is 20.3. The Labute approximate surface area is 107 Å². The van der Waals surface area contributed by atoms with E-state index in [2.05, 4.69) is 16.8 Å². The van der Waals surface area contributed by atoms with Crippen LogP contribution in [-0.2, 0) is 4.74 Å². The van der Waals surface area contributed by atoms with Gasteiger partial charge in [-0.1, -0.05) is 19.1 Å². The first-order chi connectivity index (χ1) is 8.22. The highest BCUT2D eigenvalue weighted by atomic mass is 32.1. The molecule has 2 heterocycles. The van der Waals surface area contributed by atoms with Crippen LogP contribution in [0.25, 0.3) is 0 Å². The van der Waals surface area contributed by atoms with Gasteiger partial charge in [0.25, 0.3) is 0 Å². The highest BCUT2D eigenvalue weighted by Gasteiger charge is 2.21. The van der Waals surface area contributed by atoms with Crippen LogP contribution in [0, 0.1) is 0 Å². The minimum absolute atomic E-state index is 0.281. The fourth-order valence-electron chi connectivity index (χ4n) is 2.03. The van der Waals surface area contributed by atoms with Crippen LogP contribution >= 0.6 is 12.2 Å². The lowest BCUT2D eigenvalue weighted by atomic mass is 10.1. The molecule has 0 aromatic carbocycles. The van der Waals surface area contributed by atoms with Gasteiger partial charge in [0, 0.05) is 24.8 Å². The third-order valence-corrected chi connectivity index (χ3v) is 3.22. The van der Waals surface area contributed by atoms with Crippen molar-refractivity contribution in [1.29, 1.82) is 0 Å². The van der Waals surface area contributed by atoms with E-state index in [0.717, 1.165) is 37.4 Å². The topological polar surface area (TPSA) is 51.4 Å². The van der Waals surface area contributed by atoms with Gasteiger partial charge in [-0.2, -0.15) is 0 Å². The van der Waals surface area contributed by atoms with Gasteiger partial charge in [-0.25, -0.2) is 0 Å². The smallest absolute Gasteiger partial charge is 0.106 e. The van der Waals surface area contributed by atoms with Crippen molar-refractivity contribution in [2.45, 2.75) is 19.4 Å². The predicted molar refractivity (Wildman–Crippen MR) is 72.4 cm³/mol. The zero-order valence-electron chi connectivity index (χ0n) is 9.93. The molecule has 92 valence electrons. The van der Waals surface area contributed by atoms with Crippen LogP contribution in [0.3, 0.4) is 0 Å². The van der Waals surface area contributed by atoms with Gasteiger partial charge in [0.15, 0.2) is 0 Å². The Morgan fingerprint density at radius 1 is 1.71 bits per heavy atom. The Morgan fingerprint density at radius 3 is 3.24 bits per heavy atom. The highest BCUT2D eigenvalue weighted by Crippen LogP contribution is 2.22. The third-order valence-electron chi connectivity index (χ3n) is 3.00. The Balaban J connectivity index is 2.24. The summed E-state index contributed by atoms with van der Waals surface area (Å²) in [6.45, 7) is 4.60. The second-order valence-electron chi connectivity index (χ2n) is 4.10. The average molecular weight is 251 g/mol. The molecule has 1 aromatic heterocycles. The minimum Gasteiger partial charge on any atom is -0.389 e. The maximum atomic E-state index is 5.73. The molecule has 0 spiro atoms. The summed E-state index contributed by atoms with van der Waals surface area (Å²) >= 11 is 5.07. The van der Waals surface area contributed by atoms with Crippen LogP contribution in [0.2, 0.25) is 0 Å². The first-order valence-corrected chi connectivity index (χ1v) is 6.23. The molecule has 4 nitrogen and oxygen atoms in total. The van der Waals surface area contributed by atoms with Gasteiger partial charge in [-0.3, -0.25) is 4.98 Å². The fraction of sp³-hybridized carbons (Fsp3) is 0.500. The van der Waals surface area contributed by atoms with Gasteiger partial charge < -0.3 is 15.4 Å². The van der Waals surface area contributed by atoms with Crippen molar-refractivity contribution < 1.29 is 4.74 Å². The average Bonchev–Trinajstić information content (AvgIpc) is 2.39. The lowest BCUT2D eigenvalue weighted by Gasteiger charge is -2.34. The molecular formula is C12H17N3OS. The van der Waals surface area contributed by atoms with Crippen molar-refractivity contribution in [3.8, 4) is 0 Å². The Morgan fingerprint density at radius 2 is 2.53 bits per heavy atom. The van der Waals surface area contributed by atoms with Crippen molar-refractivity contribution >= 4 is 22.9 Å². The summed E-state index contributed by atoms with van der Waals surface area (Å²) in [7, 11) is 0. The van der Waals surface area contributed by atoms with E-state index in [-0.39, 0.29) is 6.10 Å². The molecule has 2 rings (SSSR count). The summed E-state index contributed by atoms with van der Waals surface area (Å²) in [6, 6.07) is 1.87. The monoisotopic (exact) mass is 251 g/mol. The van der Waals surface area contributed by atoms with Crippen LogP contribution < -0.4 is 10.6 Å². The molecule has 0 bridgehead atoms. The van der Waals surface area contributed by atoms with E-state index in [4.69, 9.17) is 22.7 Å². The molecule has 1 atom stereocenters. The third kappa shape index (κ3) is 2.73. The standard InChI is InChI=1S/C12H17N3OS/c1-2-9-8-15(5-6-16-9)11-7-14-4-3-10(11)12(13)17/h3-4,7,9H,2,5-6,8H2,1H3,(H2,13,17). The molecule has 0 radical (unpaired) electrons. The van der Waals surface area contributed by atoms with Crippen LogP contribution in [-0.4, -0.2) is 35.8 Å². The molecule has 1 unspecified atom stereocenters. The quantitative estimate of drug-likeness (QED) is 0.821. The SMILES string of the molecule is CCC1CN(c2cnccc2C(N)=S)CCO1. The number of rotatable bonds is 3. The molecule has 1 aliphatic heterocycles. The molecule has 2 N–H and O–H groups in total. The molecule has 0 amide bonds. The first kappa shape index (κ1) is 12.3. The number of hydrogen-bond donors (Lipinski definition) is 1. The molecule has 5 heteroatoms. The highest BCUT2D eigenvalue weighted by molar-refractivity contribution is 7.80. The molecule has 0 aliphatic carbocycles. The molecule has 1 aliphatic rings. The van der Waals surface area contributed by atoms with E-state index in [1.54, 1.807) is 6.20 Å². The summed E-state index contributed by atoms with van der Waals surface area (Å²) in [6.07, 6.45) is 4.84. The van der Waals surface area contributed by atoms with Crippen molar-refractivity contribution in [1.82, 2.24) is 4.98 Å². The molecule has 1 aromatic rings. The number of aromatic nitrogens is 1. The van der Waals surface area contributed by atoms with E-state index in [9.17, 15) is 0 Å². The van der Waals surface area contributed by atoms with Crippen LogP contribution in [0.4, 0.5) is 5.69 Å². The summed E-state index contributed by atoms with van der Waals surface area (Å²) in [5.41, 5.74) is 7.64. The first-order valence-electron chi connectivity index (χ1n) is 5.82. The number of nitrogens with zero attached hydrogens (tertiary/aromatic N) is 2. The summed E-state index contributed by atoms with van der Waals surface area (Å²) in [4.78, 5) is 6.82. The van der Waals surface area contributed by atoms with E-state index in [0.29, 0.717) is 4.99 Å². The van der Waals surface area contributed by atoms with Gasteiger partial charge in [-0.15, -0.1) is 0 Å². The maximum Gasteiger partial charge on any atom is 0.106 e. The molecule has 17 heavy (non-hydrogen) atoms. The van der Waals surface area contributed by atoms with E-state index < -0.39 is 0 Å². The summed E-state index contributed by atoms with van der Waals surface area (Å²) in [5.74, 6) is 0. The molecule has 1 saturated heterocycles. The molecular weight excluding hydrogens is 234 g/mol. The molecule has 0 saturated carbocycles. The minimum atomic E-state index is 0.281. The zero-order chi connectivity index (χ0) is 12.3. The lowest BCUT2D eigenvalue weighted by Crippen LogP contribution is -2.43. The van der Waals surface area contributed by atoms with Crippen molar-refractivity contribution in [2.75, 3.05) is 24.6 Å². The number of thiocarbonyl (C=S) groups is 1. The largest absolute Gasteiger partial charge is 0.389 e. The maximum absolute atomic E-state index is 5.73. The van der Waals surface area contributed by atoms with Gasteiger partial charge in [-0.05, 0) is 12.5 Å². The number of anilines is 1. The number of pyridine rings is 1.